The number of aromatic nitrogens is 3. The van der Waals surface area contributed by atoms with Crippen LogP contribution in [0.3, 0.4) is 0 Å². The smallest absolute Gasteiger partial charge is 0.233 e. The van der Waals surface area contributed by atoms with Crippen molar-refractivity contribution in [3.63, 3.8) is 0 Å². The molecule has 3 heterocycles. The maximum absolute atomic E-state index is 12.7. The molecule has 0 radical (unpaired) electrons. The highest BCUT2D eigenvalue weighted by Crippen LogP contribution is 2.33. The van der Waals surface area contributed by atoms with Crippen LogP contribution >= 0.6 is 22.9 Å². The Kier molecular flexibility index (Phi) is 4.42. The van der Waals surface area contributed by atoms with Gasteiger partial charge in [0.05, 0.1) is 16.5 Å². The zero-order valence-corrected chi connectivity index (χ0v) is 15.9. The monoisotopic (exact) mass is 388 g/mol. The number of hydrogen-bond acceptors (Lipinski definition) is 5. The summed E-state index contributed by atoms with van der Waals surface area (Å²) in [6.07, 6.45) is 4.22. The molecule has 134 valence electrons. The molecule has 1 amide bonds. The van der Waals surface area contributed by atoms with Crippen LogP contribution in [0.5, 0.6) is 5.75 Å². The molecule has 1 unspecified atom stereocenters. The minimum atomic E-state index is -0.276. The number of carbonyl (C=O) groups excluding carboxylic acids is 1. The Hall–Kier alpha value is -2.38. The van der Waals surface area contributed by atoms with Crippen molar-refractivity contribution in [2.24, 2.45) is 13.0 Å². The zero-order chi connectivity index (χ0) is 18.3. The van der Waals surface area contributed by atoms with Gasteiger partial charge in [0.2, 0.25) is 5.91 Å². The second-order valence-corrected chi connectivity index (χ2v) is 7.68. The first kappa shape index (κ1) is 17.1. The Balaban J connectivity index is 1.50. The molecule has 0 spiro atoms. The van der Waals surface area contributed by atoms with E-state index < -0.39 is 0 Å². The maximum Gasteiger partial charge on any atom is 0.233 e. The Labute approximate surface area is 159 Å². The molecule has 1 aliphatic rings. The van der Waals surface area contributed by atoms with Crippen molar-refractivity contribution >= 4 is 34.0 Å². The van der Waals surface area contributed by atoms with Crippen molar-refractivity contribution in [3.05, 3.63) is 46.9 Å². The van der Waals surface area contributed by atoms with Gasteiger partial charge >= 0.3 is 0 Å². The van der Waals surface area contributed by atoms with Crippen molar-refractivity contribution in [1.29, 1.82) is 0 Å². The lowest BCUT2D eigenvalue weighted by atomic mass is 9.96. The van der Waals surface area contributed by atoms with Crippen molar-refractivity contribution < 1.29 is 9.53 Å². The third-order valence-electron chi connectivity index (χ3n) is 4.35. The van der Waals surface area contributed by atoms with E-state index in [4.69, 9.17) is 16.3 Å². The predicted octanol–water partition coefficient (Wildman–Crippen LogP) is 3.70. The number of nitrogens with one attached hydrogen (secondary N) is 1. The number of anilines is 1. The van der Waals surface area contributed by atoms with E-state index in [1.165, 1.54) is 11.3 Å². The van der Waals surface area contributed by atoms with Gasteiger partial charge < -0.3 is 14.6 Å². The highest BCUT2D eigenvalue weighted by molar-refractivity contribution is 7.19. The normalized spacial score (nSPS) is 16.0. The van der Waals surface area contributed by atoms with E-state index in [1.54, 1.807) is 12.3 Å². The SMILES string of the molecule is Cc1nc(NC(=O)C2COc3ccc(Cl)cc3C2)sc1-c1nccn1C. The summed E-state index contributed by atoms with van der Waals surface area (Å²) in [5.74, 6) is 1.25. The number of halogens is 1. The molecule has 0 saturated heterocycles. The van der Waals surface area contributed by atoms with Gasteiger partial charge in [-0.3, -0.25) is 4.79 Å². The second-order valence-electron chi connectivity index (χ2n) is 6.25. The molecule has 26 heavy (non-hydrogen) atoms. The number of nitrogens with zero attached hydrogens (tertiary/aromatic N) is 3. The minimum absolute atomic E-state index is 0.101. The van der Waals surface area contributed by atoms with Gasteiger partial charge in [0.1, 0.15) is 12.4 Å². The van der Waals surface area contributed by atoms with Crippen LogP contribution < -0.4 is 10.1 Å². The third-order valence-corrected chi connectivity index (χ3v) is 5.65. The first-order valence-electron chi connectivity index (χ1n) is 8.18. The van der Waals surface area contributed by atoms with E-state index in [0.29, 0.717) is 23.2 Å². The molecule has 6 nitrogen and oxygen atoms in total. The number of thiazole rings is 1. The summed E-state index contributed by atoms with van der Waals surface area (Å²) < 4.78 is 7.64. The van der Waals surface area contributed by atoms with Crippen molar-refractivity contribution in [3.8, 4) is 16.5 Å². The van der Waals surface area contributed by atoms with Crippen LogP contribution in [-0.2, 0) is 18.3 Å². The Morgan fingerprint density at radius 3 is 3.08 bits per heavy atom. The first-order chi connectivity index (χ1) is 12.5. The number of fused-ring (bicyclic) bond motifs is 1. The number of carbonyl (C=O) groups is 1. The molecule has 1 N–H and O–H groups in total. The minimum Gasteiger partial charge on any atom is -0.492 e. The maximum atomic E-state index is 12.7. The molecule has 3 aromatic rings. The van der Waals surface area contributed by atoms with E-state index in [-0.39, 0.29) is 11.8 Å². The van der Waals surface area contributed by atoms with Crippen LogP contribution in [0, 0.1) is 12.8 Å². The lowest BCUT2D eigenvalue weighted by Gasteiger charge is -2.24. The third kappa shape index (κ3) is 3.20. The Morgan fingerprint density at radius 1 is 1.46 bits per heavy atom. The molecule has 4 rings (SSSR count). The van der Waals surface area contributed by atoms with Crippen LogP contribution in [0.1, 0.15) is 11.3 Å². The molecule has 1 atom stereocenters. The second kappa shape index (κ2) is 6.74. The first-order valence-corrected chi connectivity index (χ1v) is 9.38. The van der Waals surface area contributed by atoms with Gasteiger partial charge in [-0.2, -0.15) is 0 Å². The molecule has 1 aliphatic heterocycles. The molecule has 0 bridgehead atoms. The summed E-state index contributed by atoms with van der Waals surface area (Å²) in [4.78, 5) is 22.4. The predicted molar refractivity (Wildman–Crippen MR) is 102 cm³/mol. The molecule has 0 aliphatic carbocycles. The van der Waals surface area contributed by atoms with Crippen LogP contribution in [0.2, 0.25) is 5.02 Å². The molecule has 8 heteroatoms. The van der Waals surface area contributed by atoms with Gasteiger partial charge in [-0.1, -0.05) is 22.9 Å². The van der Waals surface area contributed by atoms with Gasteiger partial charge in [-0.05, 0) is 37.1 Å². The number of imidazole rings is 1. The average molecular weight is 389 g/mol. The van der Waals surface area contributed by atoms with Crippen LogP contribution in [0.15, 0.2) is 30.6 Å². The molecular weight excluding hydrogens is 372 g/mol. The molecular formula is C18H17ClN4O2S. The summed E-state index contributed by atoms with van der Waals surface area (Å²) >= 11 is 7.47. The average Bonchev–Trinajstić information content (AvgIpc) is 3.19. The molecule has 2 aromatic heterocycles. The summed E-state index contributed by atoms with van der Waals surface area (Å²) in [5, 5.41) is 4.13. The highest BCUT2D eigenvalue weighted by atomic mass is 35.5. The Bertz CT molecular complexity index is 981. The number of hydrogen-bond donors (Lipinski definition) is 1. The van der Waals surface area contributed by atoms with Crippen molar-refractivity contribution in [1.82, 2.24) is 14.5 Å². The van der Waals surface area contributed by atoms with Gasteiger partial charge in [0.15, 0.2) is 11.0 Å². The summed E-state index contributed by atoms with van der Waals surface area (Å²) in [6, 6.07) is 5.48. The Morgan fingerprint density at radius 2 is 2.31 bits per heavy atom. The lowest BCUT2D eigenvalue weighted by molar-refractivity contribution is -0.121. The summed E-state index contributed by atoms with van der Waals surface area (Å²) in [6.45, 7) is 2.26. The fourth-order valence-electron chi connectivity index (χ4n) is 2.98. The zero-order valence-electron chi connectivity index (χ0n) is 14.3. The van der Waals surface area contributed by atoms with Gasteiger partial charge in [0, 0.05) is 24.5 Å². The van der Waals surface area contributed by atoms with E-state index in [2.05, 4.69) is 15.3 Å². The van der Waals surface area contributed by atoms with E-state index in [1.807, 2.05) is 36.9 Å². The quantitative estimate of drug-likeness (QED) is 0.742. The van der Waals surface area contributed by atoms with E-state index in [0.717, 1.165) is 27.7 Å². The molecule has 1 aromatic carbocycles. The van der Waals surface area contributed by atoms with Crippen LogP contribution in [0.4, 0.5) is 5.13 Å². The van der Waals surface area contributed by atoms with Crippen molar-refractivity contribution in [2.45, 2.75) is 13.3 Å². The fraction of sp³-hybridized carbons (Fsp3) is 0.278. The van der Waals surface area contributed by atoms with Gasteiger partial charge in [-0.15, -0.1) is 0 Å². The van der Waals surface area contributed by atoms with Gasteiger partial charge in [0.25, 0.3) is 0 Å². The number of amides is 1. The van der Waals surface area contributed by atoms with Crippen LogP contribution in [0.25, 0.3) is 10.7 Å². The standard InChI is InChI=1S/C18H17ClN4O2S/c1-10-15(16-20-5-6-23(16)2)26-18(21-10)22-17(24)12-7-11-8-13(19)3-4-14(11)25-9-12/h3-6,8,12H,7,9H2,1-2H3,(H,21,22,24). The number of rotatable bonds is 3. The summed E-state index contributed by atoms with van der Waals surface area (Å²) in [5.41, 5.74) is 1.80. The largest absolute Gasteiger partial charge is 0.492 e. The van der Waals surface area contributed by atoms with E-state index >= 15 is 0 Å². The topological polar surface area (TPSA) is 69.0 Å². The lowest BCUT2D eigenvalue weighted by Crippen LogP contribution is -2.32. The van der Waals surface area contributed by atoms with Crippen molar-refractivity contribution in [2.75, 3.05) is 11.9 Å². The van der Waals surface area contributed by atoms with Gasteiger partial charge in [-0.25, -0.2) is 9.97 Å². The molecule has 0 saturated carbocycles. The fourth-order valence-corrected chi connectivity index (χ4v) is 4.18. The molecule has 0 fully saturated rings. The van der Waals surface area contributed by atoms with E-state index in [9.17, 15) is 4.79 Å². The van der Waals surface area contributed by atoms with Crippen LogP contribution in [-0.4, -0.2) is 27.0 Å². The summed E-state index contributed by atoms with van der Waals surface area (Å²) in [7, 11) is 1.93. The number of benzene rings is 1. The number of ether oxygens (including phenoxy) is 1. The highest BCUT2D eigenvalue weighted by Gasteiger charge is 2.27. The number of aryl methyl sites for hydroxylation is 2.